The van der Waals surface area contributed by atoms with Crippen molar-refractivity contribution < 1.29 is 0 Å². The van der Waals surface area contributed by atoms with Gasteiger partial charge in [-0.3, -0.25) is 0 Å². The zero-order valence-electron chi connectivity index (χ0n) is 7.54. The summed E-state index contributed by atoms with van der Waals surface area (Å²) >= 11 is 3.37. The lowest BCUT2D eigenvalue weighted by atomic mass is 10.1. The summed E-state index contributed by atoms with van der Waals surface area (Å²) in [6.07, 6.45) is 7.03. The standard InChI is InChI=1S/C12H13Br/c13-9-1-2-10-3-5-11(6-4-10)12-7-8-12/h1-6,12H,7-9H2. The topological polar surface area (TPSA) is 0 Å². The smallest absolute Gasteiger partial charge is 0.0215 e. The van der Waals surface area contributed by atoms with Crippen LogP contribution in [0.5, 0.6) is 0 Å². The van der Waals surface area contributed by atoms with Gasteiger partial charge in [-0.25, -0.2) is 0 Å². The molecule has 0 nitrogen and oxygen atoms in total. The molecular weight excluding hydrogens is 224 g/mol. The van der Waals surface area contributed by atoms with Gasteiger partial charge in [0.2, 0.25) is 0 Å². The van der Waals surface area contributed by atoms with Crippen molar-refractivity contribution in [3.05, 3.63) is 41.5 Å². The zero-order valence-corrected chi connectivity index (χ0v) is 9.13. The SMILES string of the molecule is BrCC=Cc1ccc(C2CC2)cc1. The monoisotopic (exact) mass is 236 g/mol. The zero-order chi connectivity index (χ0) is 9.10. The van der Waals surface area contributed by atoms with Crippen LogP contribution in [0, 0.1) is 0 Å². The maximum absolute atomic E-state index is 3.37. The molecule has 1 aromatic rings. The van der Waals surface area contributed by atoms with Crippen molar-refractivity contribution in [2.24, 2.45) is 0 Å². The molecule has 0 bridgehead atoms. The Hall–Kier alpha value is -0.560. The fourth-order valence-electron chi connectivity index (χ4n) is 1.48. The normalized spacial score (nSPS) is 16.7. The van der Waals surface area contributed by atoms with Crippen LogP contribution in [0.25, 0.3) is 6.08 Å². The predicted molar refractivity (Wildman–Crippen MR) is 61.2 cm³/mol. The van der Waals surface area contributed by atoms with Crippen LogP contribution in [-0.4, -0.2) is 5.33 Å². The third-order valence-corrected chi connectivity index (χ3v) is 2.76. The third kappa shape index (κ3) is 2.44. The van der Waals surface area contributed by atoms with Crippen LogP contribution in [0.1, 0.15) is 29.9 Å². The Morgan fingerprint density at radius 1 is 1.23 bits per heavy atom. The van der Waals surface area contributed by atoms with E-state index in [4.69, 9.17) is 0 Å². The Bertz CT molecular complexity index is 293. The maximum Gasteiger partial charge on any atom is 0.0215 e. The molecule has 0 N–H and O–H groups in total. The number of hydrogen-bond acceptors (Lipinski definition) is 0. The van der Waals surface area contributed by atoms with Crippen molar-refractivity contribution in [1.82, 2.24) is 0 Å². The maximum atomic E-state index is 3.37. The summed E-state index contributed by atoms with van der Waals surface area (Å²) in [5.74, 6) is 0.870. The highest BCUT2D eigenvalue weighted by molar-refractivity contribution is 9.09. The van der Waals surface area contributed by atoms with Crippen LogP contribution in [-0.2, 0) is 0 Å². The second kappa shape index (κ2) is 4.10. The van der Waals surface area contributed by atoms with E-state index in [2.05, 4.69) is 52.3 Å². The average Bonchev–Trinajstić information content (AvgIpc) is 2.99. The lowest BCUT2D eigenvalue weighted by Gasteiger charge is -1.97. The van der Waals surface area contributed by atoms with Crippen molar-refractivity contribution in [3.63, 3.8) is 0 Å². The average molecular weight is 237 g/mol. The van der Waals surface area contributed by atoms with Gasteiger partial charge in [0.05, 0.1) is 0 Å². The highest BCUT2D eigenvalue weighted by atomic mass is 79.9. The van der Waals surface area contributed by atoms with E-state index >= 15 is 0 Å². The lowest BCUT2D eigenvalue weighted by molar-refractivity contribution is 1.13. The van der Waals surface area contributed by atoms with Gasteiger partial charge in [-0.2, -0.15) is 0 Å². The van der Waals surface area contributed by atoms with E-state index in [0.717, 1.165) is 11.2 Å². The Balaban J connectivity index is 2.08. The van der Waals surface area contributed by atoms with E-state index in [9.17, 15) is 0 Å². The minimum absolute atomic E-state index is 0.870. The molecule has 68 valence electrons. The Morgan fingerprint density at radius 3 is 2.46 bits per heavy atom. The van der Waals surface area contributed by atoms with Gasteiger partial charge in [0, 0.05) is 5.33 Å². The fraction of sp³-hybridized carbons (Fsp3) is 0.333. The molecule has 0 amide bonds. The van der Waals surface area contributed by atoms with Gasteiger partial charge >= 0.3 is 0 Å². The molecule has 1 aromatic carbocycles. The first-order valence-corrected chi connectivity index (χ1v) is 5.85. The first-order chi connectivity index (χ1) is 6.40. The highest BCUT2D eigenvalue weighted by Gasteiger charge is 2.22. The molecule has 1 fully saturated rings. The molecular formula is C12H13Br. The largest absolute Gasteiger partial charge is 0.0883 e. The Morgan fingerprint density at radius 2 is 1.92 bits per heavy atom. The van der Waals surface area contributed by atoms with E-state index in [1.54, 1.807) is 0 Å². The summed E-state index contributed by atoms with van der Waals surface area (Å²) in [6, 6.07) is 8.91. The van der Waals surface area contributed by atoms with Crippen LogP contribution in [0.4, 0.5) is 0 Å². The predicted octanol–water partition coefficient (Wildman–Crippen LogP) is 3.97. The molecule has 0 unspecified atom stereocenters. The third-order valence-electron chi connectivity index (χ3n) is 2.38. The van der Waals surface area contributed by atoms with Gasteiger partial charge in [-0.05, 0) is 29.9 Å². The van der Waals surface area contributed by atoms with Crippen molar-refractivity contribution in [1.29, 1.82) is 0 Å². The lowest BCUT2D eigenvalue weighted by Crippen LogP contribution is -1.78. The molecule has 0 atom stereocenters. The molecule has 13 heavy (non-hydrogen) atoms. The number of halogens is 1. The highest BCUT2D eigenvalue weighted by Crippen LogP contribution is 2.39. The van der Waals surface area contributed by atoms with E-state index in [1.165, 1.54) is 24.0 Å². The molecule has 2 rings (SSSR count). The molecule has 1 heteroatoms. The molecule has 0 spiro atoms. The Kier molecular flexibility index (Phi) is 2.84. The van der Waals surface area contributed by atoms with E-state index in [-0.39, 0.29) is 0 Å². The van der Waals surface area contributed by atoms with Crippen molar-refractivity contribution in [3.8, 4) is 0 Å². The summed E-state index contributed by atoms with van der Waals surface area (Å²) in [5, 5.41) is 0.928. The number of allylic oxidation sites excluding steroid dienone is 1. The molecule has 1 aliphatic rings. The van der Waals surface area contributed by atoms with Gasteiger partial charge in [-0.15, -0.1) is 0 Å². The van der Waals surface area contributed by atoms with Crippen molar-refractivity contribution in [2.45, 2.75) is 18.8 Å². The van der Waals surface area contributed by atoms with Crippen LogP contribution in [0.15, 0.2) is 30.3 Å². The fourth-order valence-corrected chi connectivity index (χ4v) is 1.66. The Labute approximate surface area is 87.8 Å². The van der Waals surface area contributed by atoms with Gasteiger partial charge in [0.15, 0.2) is 0 Å². The number of rotatable bonds is 3. The molecule has 1 saturated carbocycles. The summed E-state index contributed by atoms with van der Waals surface area (Å²) in [5.41, 5.74) is 2.81. The molecule has 0 saturated heterocycles. The number of benzene rings is 1. The second-order valence-electron chi connectivity index (χ2n) is 3.50. The van der Waals surface area contributed by atoms with E-state index in [1.807, 2.05) is 0 Å². The van der Waals surface area contributed by atoms with E-state index < -0.39 is 0 Å². The first-order valence-electron chi connectivity index (χ1n) is 4.72. The minimum Gasteiger partial charge on any atom is -0.0883 e. The molecule has 0 radical (unpaired) electrons. The summed E-state index contributed by atoms with van der Waals surface area (Å²) in [4.78, 5) is 0. The van der Waals surface area contributed by atoms with Crippen LogP contribution >= 0.6 is 15.9 Å². The summed E-state index contributed by atoms with van der Waals surface area (Å²) < 4.78 is 0. The summed E-state index contributed by atoms with van der Waals surface area (Å²) in [6.45, 7) is 0. The van der Waals surface area contributed by atoms with Gasteiger partial charge in [0.1, 0.15) is 0 Å². The second-order valence-corrected chi connectivity index (χ2v) is 4.15. The molecule has 0 aromatic heterocycles. The number of alkyl halides is 1. The number of hydrogen-bond donors (Lipinski definition) is 0. The van der Waals surface area contributed by atoms with Crippen LogP contribution in [0.2, 0.25) is 0 Å². The van der Waals surface area contributed by atoms with Crippen molar-refractivity contribution in [2.75, 3.05) is 5.33 Å². The van der Waals surface area contributed by atoms with Crippen LogP contribution < -0.4 is 0 Å². The minimum atomic E-state index is 0.870. The molecule has 0 heterocycles. The quantitative estimate of drug-likeness (QED) is 0.697. The van der Waals surface area contributed by atoms with Gasteiger partial charge in [-0.1, -0.05) is 52.3 Å². The van der Waals surface area contributed by atoms with Gasteiger partial charge in [0.25, 0.3) is 0 Å². The van der Waals surface area contributed by atoms with Crippen LogP contribution in [0.3, 0.4) is 0 Å². The first kappa shape index (κ1) is 9.01. The molecule has 1 aliphatic carbocycles. The molecule has 0 aliphatic heterocycles. The van der Waals surface area contributed by atoms with Crippen molar-refractivity contribution >= 4 is 22.0 Å². The van der Waals surface area contributed by atoms with E-state index in [0.29, 0.717) is 0 Å². The van der Waals surface area contributed by atoms with Gasteiger partial charge < -0.3 is 0 Å². The summed E-state index contributed by atoms with van der Waals surface area (Å²) in [7, 11) is 0.